The number of piperazine rings is 1. The Labute approximate surface area is 137 Å². The fourth-order valence-electron chi connectivity index (χ4n) is 3.17. The molecule has 1 fully saturated rings. The maximum Gasteiger partial charge on any atom is 0.125 e. The van der Waals surface area contributed by atoms with E-state index in [2.05, 4.69) is 38.9 Å². The minimum absolute atomic E-state index is 0.336. The van der Waals surface area contributed by atoms with E-state index in [4.69, 9.17) is 4.74 Å². The van der Waals surface area contributed by atoms with Gasteiger partial charge in [0.25, 0.3) is 0 Å². The molecule has 5 nitrogen and oxygen atoms in total. The van der Waals surface area contributed by atoms with Gasteiger partial charge in [-0.2, -0.15) is 0 Å². The van der Waals surface area contributed by atoms with Crippen LogP contribution in [0.1, 0.15) is 23.1 Å². The van der Waals surface area contributed by atoms with E-state index in [0.717, 1.165) is 43.4 Å². The van der Waals surface area contributed by atoms with Crippen molar-refractivity contribution in [2.24, 2.45) is 0 Å². The average molecular weight is 312 g/mol. The van der Waals surface area contributed by atoms with Crippen LogP contribution in [0.25, 0.3) is 0 Å². The lowest BCUT2D eigenvalue weighted by Crippen LogP contribution is -2.46. The number of aromatic nitrogens is 2. The predicted molar refractivity (Wildman–Crippen MR) is 90.4 cm³/mol. The minimum atomic E-state index is 0.336. The van der Waals surface area contributed by atoms with Gasteiger partial charge in [0.2, 0.25) is 0 Å². The van der Waals surface area contributed by atoms with Crippen LogP contribution in [-0.2, 0) is 6.54 Å². The summed E-state index contributed by atoms with van der Waals surface area (Å²) in [5.74, 6) is 1.79. The van der Waals surface area contributed by atoms with Crippen LogP contribution in [-0.4, -0.2) is 53.6 Å². The second-order valence-electron chi connectivity index (χ2n) is 6.07. The Bertz CT molecular complexity index is 661. The zero-order valence-corrected chi connectivity index (χ0v) is 14.1. The molecule has 1 atom stereocenters. The Balaban J connectivity index is 1.76. The maximum atomic E-state index is 5.55. The number of rotatable bonds is 4. The van der Waals surface area contributed by atoms with Crippen molar-refractivity contribution in [3.63, 3.8) is 0 Å². The van der Waals surface area contributed by atoms with Crippen LogP contribution < -0.4 is 4.74 Å². The van der Waals surface area contributed by atoms with Crippen molar-refractivity contribution in [3.05, 3.63) is 53.6 Å². The first-order valence-electron chi connectivity index (χ1n) is 8.01. The number of methoxy groups -OCH3 is 1. The van der Waals surface area contributed by atoms with Gasteiger partial charge < -0.3 is 4.74 Å². The van der Waals surface area contributed by atoms with Crippen molar-refractivity contribution in [2.45, 2.75) is 19.5 Å². The summed E-state index contributed by atoms with van der Waals surface area (Å²) in [7, 11) is 3.92. The molecule has 0 bridgehead atoms. The lowest BCUT2D eigenvalue weighted by molar-refractivity contribution is 0.0881. The lowest BCUT2D eigenvalue weighted by atomic mass is 10.0. The van der Waals surface area contributed by atoms with Crippen LogP contribution in [0.2, 0.25) is 0 Å². The normalized spacial score (nSPS) is 19.7. The van der Waals surface area contributed by atoms with Crippen LogP contribution in [0.3, 0.4) is 0 Å². The molecule has 3 rings (SSSR count). The highest BCUT2D eigenvalue weighted by atomic mass is 16.5. The Morgan fingerprint density at radius 3 is 2.83 bits per heavy atom. The van der Waals surface area contributed by atoms with E-state index in [0.29, 0.717) is 6.04 Å². The van der Waals surface area contributed by atoms with Crippen molar-refractivity contribution in [1.82, 2.24) is 19.8 Å². The zero-order valence-electron chi connectivity index (χ0n) is 14.1. The summed E-state index contributed by atoms with van der Waals surface area (Å²) in [6.07, 6.45) is 1.84. The molecular formula is C18H24N4O. The third kappa shape index (κ3) is 3.68. The Kier molecular flexibility index (Phi) is 4.88. The summed E-state index contributed by atoms with van der Waals surface area (Å²) >= 11 is 0. The minimum Gasteiger partial charge on any atom is -0.496 e. The second-order valence-corrected chi connectivity index (χ2v) is 6.07. The van der Waals surface area contributed by atoms with Crippen LogP contribution in [0, 0.1) is 6.92 Å². The van der Waals surface area contributed by atoms with Gasteiger partial charge in [-0.15, -0.1) is 0 Å². The monoisotopic (exact) mass is 312 g/mol. The summed E-state index contributed by atoms with van der Waals surface area (Å²) in [6, 6.07) is 10.6. The Morgan fingerprint density at radius 1 is 1.22 bits per heavy atom. The summed E-state index contributed by atoms with van der Waals surface area (Å²) in [6.45, 7) is 5.85. The molecule has 0 amide bonds. The number of aryl methyl sites for hydroxylation is 1. The SMILES string of the molecule is COc1ccccc1[C@@H]1CN(Cc2ccnc(C)n2)CCN1C. The molecule has 0 N–H and O–H groups in total. The van der Waals surface area contributed by atoms with Gasteiger partial charge in [-0.25, -0.2) is 9.97 Å². The fourth-order valence-corrected chi connectivity index (χ4v) is 3.17. The molecule has 0 unspecified atom stereocenters. The molecule has 0 radical (unpaired) electrons. The molecular weight excluding hydrogens is 288 g/mol. The lowest BCUT2D eigenvalue weighted by Gasteiger charge is -2.40. The molecule has 1 aliphatic heterocycles. The van der Waals surface area contributed by atoms with Gasteiger partial charge in [0.1, 0.15) is 11.6 Å². The Hall–Kier alpha value is -1.98. The van der Waals surface area contributed by atoms with E-state index < -0.39 is 0 Å². The molecule has 5 heteroatoms. The van der Waals surface area contributed by atoms with Gasteiger partial charge in [0.15, 0.2) is 0 Å². The largest absolute Gasteiger partial charge is 0.496 e. The van der Waals surface area contributed by atoms with Crippen LogP contribution in [0.15, 0.2) is 36.5 Å². The first kappa shape index (κ1) is 15.9. The zero-order chi connectivity index (χ0) is 16.2. The highest BCUT2D eigenvalue weighted by Gasteiger charge is 2.27. The van der Waals surface area contributed by atoms with Crippen LogP contribution in [0.4, 0.5) is 0 Å². The number of nitrogens with zero attached hydrogens (tertiary/aromatic N) is 4. The van der Waals surface area contributed by atoms with Gasteiger partial charge in [-0.05, 0) is 26.1 Å². The number of hydrogen-bond donors (Lipinski definition) is 0. The smallest absolute Gasteiger partial charge is 0.125 e. The molecule has 1 aliphatic rings. The molecule has 0 spiro atoms. The van der Waals surface area contributed by atoms with Gasteiger partial charge in [-0.3, -0.25) is 9.80 Å². The molecule has 0 aliphatic carbocycles. The molecule has 23 heavy (non-hydrogen) atoms. The highest BCUT2D eigenvalue weighted by molar-refractivity contribution is 5.36. The van der Waals surface area contributed by atoms with E-state index in [9.17, 15) is 0 Å². The number of benzene rings is 1. The van der Waals surface area contributed by atoms with Gasteiger partial charge >= 0.3 is 0 Å². The van der Waals surface area contributed by atoms with Gasteiger partial charge in [-0.1, -0.05) is 18.2 Å². The van der Waals surface area contributed by atoms with E-state index in [1.165, 1.54) is 5.56 Å². The summed E-state index contributed by atoms with van der Waals surface area (Å²) < 4.78 is 5.55. The number of hydrogen-bond acceptors (Lipinski definition) is 5. The van der Waals surface area contributed by atoms with Crippen LogP contribution in [0.5, 0.6) is 5.75 Å². The predicted octanol–water partition coefficient (Wildman–Crippen LogP) is 2.28. The summed E-state index contributed by atoms with van der Waals surface area (Å²) in [4.78, 5) is 13.6. The van der Waals surface area contributed by atoms with E-state index in [-0.39, 0.29) is 0 Å². The standard InChI is InChI=1S/C18H24N4O/c1-14-19-9-8-15(20-14)12-22-11-10-21(2)17(13-22)16-6-4-5-7-18(16)23-3/h4-9,17H,10-13H2,1-3H3/t17-/m0/s1. The molecule has 2 aromatic rings. The van der Waals surface area contributed by atoms with Crippen molar-refractivity contribution < 1.29 is 4.74 Å². The topological polar surface area (TPSA) is 41.5 Å². The van der Waals surface area contributed by atoms with E-state index in [1.807, 2.05) is 31.3 Å². The molecule has 0 saturated carbocycles. The van der Waals surface area contributed by atoms with Crippen molar-refractivity contribution in [3.8, 4) is 5.75 Å². The number of likely N-dealkylation sites (N-methyl/N-ethyl adjacent to an activating group) is 1. The average Bonchev–Trinajstić information content (AvgIpc) is 2.57. The quantitative estimate of drug-likeness (QED) is 0.866. The van der Waals surface area contributed by atoms with Crippen LogP contribution >= 0.6 is 0 Å². The van der Waals surface area contributed by atoms with E-state index in [1.54, 1.807) is 7.11 Å². The first-order valence-corrected chi connectivity index (χ1v) is 8.01. The second kappa shape index (κ2) is 7.06. The van der Waals surface area contributed by atoms with Gasteiger partial charge in [0, 0.05) is 37.9 Å². The number of ether oxygens (including phenoxy) is 1. The fraction of sp³-hybridized carbons (Fsp3) is 0.444. The van der Waals surface area contributed by atoms with E-state index >= 15 is 0 Å². The molecule has 122 valence electrons. The Morgan fingerprint density at radius 2 is 2.04 bits per heavy atom. The maximum absolute atomic E-state index is 5.55. The highest BCUT2D eigenvalue weighted by Crippen LogP contribution is 2.31. The van der Waals surface area contributed by atoms with Crippen molar-refractivity contribution in [1.29, 1.82) is 0 Å². The molecule has 1 aromatic heterocycles. The molecule has 2 heterocycles. The number of para-hydroxylation sites is 1. The summed E-state index contributed by atoms with van der Waals surface area (Å²) in [5.41, 5.74) is 2.34. The van der Waals surface area contributed by atoms with Crippen molar-refractivity contribution >= 4 is 0 Å². The van der Waals surface area contributed by atoms with Gasteiger partial charge in [0.05, 0.1) is 18.8 Å². The molecule has 1 saturated heterocycles. The third-order valence-electron chi connectivity index (χ3n) is 4.45. The van der Waals surface area contributed by atoms with Crippen molar-refractivity contribution in [2.75, 3.05) is 33.8 Å². The molecule has 1 aromatic carbocycles. The summed E-state index contributed by atoms with van der Waals surface area (Å²) in [5, 5.41) is 0. The first-order chi connectivity index (χ1) is 11.2. The third-order valence-corrected chi connectivity index (χ3v) is 4.45.